The van der Waals surface area contributed by atoms with E-state index in [4.69, 9.17) is 10.5 Å². The van der Waals surface area contributed by atoms with Crippen molar-refractivity contribution in [3.05, 3.63) is 40.8 Å². The van der Waals surface area contributed by atoms with Crippen molar-refractivity contribution in [3.63, 3.8) is 0 Å². The maximum atomic E-state index is 13.0. The van der Waals surface area contributed by atoms with Crippen LogP contribution in [0.1, 0.15) is 0 Å². The molecule has 1 aromatic carbocycles. The van der Waals surface area contributed by atoms with Crippen LogP contribution in [0.25, 0.3) is 0 Å². The van der Waals surface area contributed by atoms with Gasteiger partial charge < -0.3 is 10.5 Å². The van der Waals surface area contributed by atoms with Crippen LogP contribution in [-0.4, -0.2) is 9.97 Å². The van der Waals surface area contributed by atoms with Gasteiger partial charge in [-0.25, -0.2) is 9.37 Å². The van der Waals surface area contributed by atoms with Gasteiger partial charge in [-0.3, -0.25) is 0 Å². The lowest BCUT2D eigenvalue weighted by molar-refractivity contribution is 0.436. The second-order valence-corrected chi connectivity index (χ2v) is 3.80. The quantitative estimate of drug-likeness (QED) is 0.921. The number of hydrogen-bond donors (Lipinski definition) is 1. The molecule has 0 spiro atoms. The molecule has 0 saturated heterocycles. The monoisotopic (exact) mass is 283 g/mol. The minimum absolute atomic E-state index is 0.0753. The average Bonchev–Trinajstić information content (AvgIpc) is 2.24. The van der Waals surface area contributed by atoms with Gasteiger partial charge in [-0.2, -0.15) is 4.98 Å². The maximum Gasteiger partial charge on any atom is 0.323 e. The first-order chi connectivity index (χ1) is 7.65. The number of rotatable bonds is 2. The van der Waals surface area contributed by atoms with E-state index in [0.717, 1.165) is 0 Å². The highest BCUT2D eigenvalue weighted by atomic mass is 79.9. The molecule has 0 atom stereocenters. The molecule has 4 nitrogen and oxygen atoms in total. The second-order valence-electron chi connectivity index (χ2n) is 2.94. The van der Waals surface area contributed by atoms with Crippen molar-refractivity contribution in [2.45, 2.75) is 0 Å². The molecule has 2 aromatic rings. The first-order valence-corrected chi connectivity index (χ1v) is 5.16. The normalized spacial score (nSPS) is 10.1. The molecule has 1 aromatic heterocycles. The number of nitrogens with two attached hydrogens (primary N) is 1. The van der Waals surface area contributed by atoms with Crippen LogP contribution in [0.4, 0.5) is 10.2 Å². The van der Waals surface area contributed by atoms with Crippen LogP contribution < -0.4 is 10.5 Å². The van der Waals surface area contributed by atoms with Crippen LogP contribution in [0.3, 0.4) is 0 Å². The van der Waals surface area contributed by atoms with E-state index in [-0.39, 0.29) is 11.8 Å². The lowest BCUT2D eigenvalue weighted by Crippen LogP contribution is -1.96. The third-order valence-corrected chi connectivity index (χ3v) is 2.40. The molecular formula is C10H7BrFN3O. The third-order valence-electron chi connectivity index (χ3n) is 1.75. The van der Waals surface area contributed by atoms with Gasteiger partial charge >= 0.3 is 6.01 Å². The fraction of sp³-hybridized carbons (Fsp3) is 0. The van der Waals surface area contributed by atoms with Gasteiger partial charge in [0.2, 0.25) is 0 Å². The number of benzene rings is 1. The molecule has 0 aliphatic carbocycles. The second kappa shape index (κ2) is 4.44. The van der Waals surface area contributed by atoms with Crippen LogP contribution in [0.2, 0.25) is 0 Å². The minimum atomic E-state index is -0.401. The molecule has 0 bridgehead atoms. The molecule has 0 aliphatic rings. The van der Waals surface area contributed by atoms with E-state index in [1.165, 1.54) is 30.5 Å². The number of nitrogen functional groups attached to an aromatic ring is 1. The van der Waals surface area contributed by atoms with Crippen LogP contribution in [0, 0.1) is 5.82 Å². The molecule has 2 N–H and O–H groups in total. The Kier molecular flexibility index (Phi) is 3.00. The number of hydrogen-bond acceptors (Lipinski definition) is 4. The fourth-order valence-corrected chi connectivity index (χ4v) is 1.38. The molecule has 16 heavy (non-hydrogen) atoms. The highest BCUT2D eigenvalue weighted by molar-refractivity contribution is 9.10. The number of nitrogens with zero attached hydrogens (tertiary/aromatic N) is 2. The summed E-state index contributed by atoms with van der Waals surface area (Å²) in [4.78, 5) is 7.69. The molecule has 0 aliphatic heterocycles. The third kappa shape index (κ3) is 2.46. The molecule has 82 valence electrons. The fourth-order valence-electron chi connectivity index (χ4n) is 1.06. The first-order valence-electron chi connectivity index (χ1n) is 4.36. The van der Waals surface area contributed by atoms with E-state index >= 15 is 0 Å². The zero-order valence-electron chi connectivity index (χ0n) is 8.02. The molecule has 0 radical (unpaired) electrons. The Morgan fingerprint density at radius 3 is 2.88 bits per heavy atom. The molecule has 0 amide bonds. The summed E-state index contributed by atoms with van der Waals surface area (Å²) >= 11 is 3.23. The topological polar surface area (TPSA) is 61.0 Å². The molecule has 0 unspecified atom stereocenters. The number of aromatic nitrogens is 2. The SMILES string of the molecule is Nc1ccnc(Oc2cc(F)ccc2Br)n1. The van der Waals surface area contributed by atoms with E-state index in [1.807, 2.05) is 0 Å². The Balaban J connectivity index is 2.30. The zero-order chi connectivity index (χ0) is 11.5. The minimum Gasteiger partial charge on any atom is -0.423 e. The predicted molar refractivity (Wildman–Crippen MR) is 60.6 cm³/mol. The Hall–Kier alpha value is -1.69. The average molecular weight is 284 g/mol. The van der Waals surface area contributed by atoms with Gasteiger partial charge in [0, 0.05) is 12.3 Å². The van der Waals surface area contributed by atoms with E-state index in [0.29, 0.717) is 10.2 Å². The van der Waals surface area contributed by atoms with Gasteiger partial charge in [0.15, 0.2) is 0 Å². The molecular weight excluding hydrogens is 277 g/mol. The Morgan fingerprint density at radius 1 is 1.31 bits per heavy atom. The van der Waals surface area contributed by atoms with Gasteiger partial charge in [-0.15, -0.1) is 0 Å². The van der Waals surface area contributed by atoms with Crippen molar-refractivity contribution in [2.24, 2.45) is 0 Å². The number of anilines is 1. The predicted octanol–water partition coefficient (Wildman–Crippen LogP) is 2.75. The van der Waals surface area contributed by atoms with Crippen molar-refractivity contribution < 1.29 is 9.13 Å². The lowest BCUT2D eigenvalue weighted by Gasteiger charge is -2.05. The van der Waals surface area contributed by atoms with Crippen molar-refractivity contribution in [1.82, 2.24) is 9.97 Å². The van der Waals surface area contributed by atoms with E-state index in [2.05, 4.69) is 25.9 Å². The van der Waals surface area contributed by atoms with Gasteiger partial charge in [0.25, 0.3) is 0 Å². The maximum absolute atomic E-state index is 13.0. The van der Waals surface area contributed by atoms with E-state index in [9.17, 15) is 4.39 Å². The Bertz CT molecular complexity index is 521. The lowest BCUT2D eigenvalue weighted by atomic mass is 10.3. The van der Waals surface area contributed by atoms with E-state index in [1.54, 1.807) is 0 Å². The van der Waals surface area contributed by atoms with Gasteiger partial charge in [0.1, 0.15) is 17.4 Å². The summed E-state index contributed by atoms with van der Waals surface area (Å²) in [5, 5.41) is 0. The summed E-state index contributed by atoms with van der Waals surface area (Å²) in [5.74, 6) is 0.185. The van der Waals surface area contributed by atoms with Gasteiger partial charge in [-0.1, -0.05) is 0 Å². The zero-order valence-corrected chi connectivity index (χ0v) is 9.61. The number of ether oxygens (including phenoxy) is 1. The van der Waals surface area contributed by atoms with Crippen LogP contribution in [0.5, 0.6) is 11.8 Å². The standard InChI is InChI=1S/C10H7BrFN3O/c11-7-2-1-6(12)5-8(7)16-10-14-4-3-9(13)15-10/h1-5H,(H2,13,14,15). The Morgan fingerprint density at radius 2 is 2.12 bits per heavy atom. The largest absolute Gasteiger partial charge is 0.423 e. The highest BCUT2D eigenvalue weighted by Crippen LogP contribution is 2.28. The summed E-state index contributed by atoms with van der Waals surface area (Å²) < 4.78 is 18.9. The smallest absolute Gasteiger partial charge is 0.323 e. The van der Waals surface area contributed by atoms with Crippen molar-refractivity contribution in [3.8, 4) is 11.8 Å². The summed E-state index contributed by atoms with van der Waals surface area (Å²) in [5.41, 5.74) is 5.46. The summed E-state index contributed by atoms with van der Waals surface area (Å²) in [7, 11) is 0. The first kappa shape index (κ1) is 10.8. The summed E-state index contributed by atoms with van der Waals surface area (Å²) in [6.07, 6.45) is 1.46. The molecule has 1 heterocycles. The van der Waals surface area contributed by atoms with Gasteiger partial charge in [0.05, 0.1) is 4.47 Å². The summed E-state index contributed by atoms with van der Waals surface area (Å²) in [6.45, 7) is 0. The van der Waals surface area contributed by atoms with Crippen molar-refractivity contribution >= 4 is 21.7 Å². The Labute approximate surface area is 99.4 Å². The van der Waals surface area contributed by atoms with Crippen molar-refractivity contribution in [1.29, 1.82) is 0 Å². The molecule has 0 fully saturated rings. The highest BCUT2D eigenvalue weighted by Gasteiger charge is 2.06. The molecule has 6 heteroatoms. The molecule has 2 rings (SSSR count). The van der Waals surface area contributed by atoms with Crippen LogP contribution in [0.15, 0.2) is 34.9 Å². The van der Waals surface area contributed by atoms with Crippen LogP contribution in [-0.2, 0) is 0 Å². The molecule has 0 saturated carbocycles. The number of halogens is 2. The van der Waals surface area contributed by atoms with Crippen molar-refractivity contribution in [2.75, 3.05) is 5.73 Å². The van der Waals surface area contributed by atoms with Crippen LogP contribution >= 0.6 is 15.9 Å². The van der Waals surface area contributed by atoms with Gasteiger partial charge in [-0.05, 0) is 34.1 Å². The van der Waals surface area contributed by atoms with E-state index < -0.39 is 5.82 Å². The summed E-state index contributed by atoms with van der Waals surface area (Å²) in [6, 6.07) is 5.70.